The summed E-state index contributed by atoms with van der Waals surface area (Å²) in [5.41, 5.74) is -0.117. The van der Waals surface area contributed by atoms with Gasteiger partial charge in [-0.3, -0.25) is 0 Å². The number of aromatic nitrogens is 2. The van der Waals surface area contributed by atoms with Gasteiger partial charge in [0, 0.05) is 18.9 Å². The van der Waals surface area contributed by atoms with Gasteiger partial charge in [-0.2, -0.15) is 0 Å². The second kappa shape index (κ2) is 6.28. The smallest absolute Gasteiger partial charge is 0.337 e. The molecule has 0 aliphatic heterocycles. The molecular formula is C13H13ClN2O4S. The summed E-state index contributed by atoms with van der Waals surface area (Å²) in [5.74, 6) is -1.24. The first-order chi connectivity index (χ1) is 9.90. The predicted octanol–water partition coefficient (Wildman–Crippen LogP) is 2.10. The van der Waals surface area contributed by atoms with Crippen LogP contribution in [0.25, 0.3) is 0 Å². The summed E-state index contributed by atoms with van der Waals surface area (Å²) >= 11 is 5.79. The van der Waals surface area contributed by atoms with Gasteiger partial charge in [0.05, 0.1) is 27.6 Å². The van der Waals surface area contributed by atoms with Gasteiger partial charge in [0.1, 0.15) is 0 Å². The van der Waals surface area contributed by atoms with Crippen LogP contribution in [-0.2, 0) is 16.4 Å². The van der Waals surface area contributed by atoms with E-state index in [4.69, 9.17) is 16.7 Å². The zero-order valence-electron chi connectivity index (χ0n) is 10.9. The van der Waals surface area contributed by atoms with Crippen LogP contribution in [0.15, 0.2) is 41.8 Å². The number of carbonyl (C=O) groups is 1. The van der Waals surface area contributed by atoms with Gasteiger partial charge in [0.15, 0.2) is 9.84 Å². The standard InChI is InChI=1S/C13H13ClN2O4S/c14-12-8-10(2-3-11(12)13(17)18)21(19,20)7-1-5-16-6-4-15-9-16/h2-4,6,8-9H,1,5,7H2,(H,17,18). The molecule has 0 bridgehead atoms. The number of carboxylic acid groups (broad SMARTS) is 1. The van der Waals surface area contributed by atoms with Crippen molar-refractivity contribution in [3.8, 4) is 0 Å². The molecule has 0 atom stereocenters. The minimum absolute atomic E-state index is 0.0307. The number of nitrogens with zero attached hydrogens (tertiary/aromatic N) is 2. The Morgan fingerprint density at radius 2 is 2.14 bits per heavy atom. The minimum Gasteiger partial charge on any atom is -0.478 e. The Bertz CT molecular complexity index is 742. The fourth-order valence-electron chi connectivity index (χ4n) is 1.84. The van der Waals surface area contributed by atoms with Gasteiger partial charge < -0.3 is 9.67 Å². The highest BCUT2D eigenvalue weighted by Gasteiger charge is 2.17. The third-order valence-corrected chi connectivity index (χ3v) is 5.03. The van der Waals surface area contributed by atoms with Crippen molar-refractivity contribution in [2.45, 2.75) is 17.9 Å². The lowest BCUT2D eigenvalue weighted by Crippen LogP contribution is -2.10. The topological polar surface area (TPSA) is 89.3 Å². The molecule has 0 radical (unpaired) electrons. The number of hydrogen-bond donors (Lipinski definition) is 1. The van der Waals surface area contributed by atoms with E-state index in [1.807, 2.05) is 0 Å². The van der Waals surface area contributed by atoms with Crippen molar-refractivity contribution in [3.05, 3.63) is 47.5 Å². The van der Waals surface area contributed by atoms with Crippen LogP contribution in [0.2, 0.25) is 5.02 Å². The molecule has 0 saturated carbocycles. The molecule has 0 saturated heterocycles. The molecule has 1 aromatic carbocycles. The highest BCUT2D eigenvalue weighted by Crippen LogP contribution is 2.22. The monoisotopic (exact) mass is 328 g/mol. The van der Waals surface area contributed by atoms with E-state index in [0.717, 1.165) is 0 Å². The highest BCUT2D eigenvalue weighted by atomic mass is 35.5. The predicted molar refractivity (Wildman–Crippen MR) is 77.3 cm³/mol. The number of aromatic carboxylic acids is 1. The summed E-state index contributed by atoms with van der Waals surface area (Å²) in [7, 11) is -3.49. The highest BCUT2D eigenvalue weighted by molar-refractivity contribution is 7.91. The Hall–Kier alpha value is -1.86. The normalized spacial score (nSPS) is 11.5. The number of benzene rings is 1. The maximum atomic E-state index is 12.2. The molecule has 2 rings (SSSR count). The first-order valence-electron chi connectivity index (χ1n) is 6.11. The lowest BCUT2D eigenvalue weighted by Gasteiger charge is -2.07. The molecule has 0 spiro atoms. The van der Waals surface area contributed by atoms with Crippen molar-refractivity contribution >= 4 is 27.4 Å². The Kier molecular flexibility index (Phi) is 4.64. The minimum atomic E-state index is -3.49. The summed E-state index contributed by atoms with van der Waals surface area (Å²) in [4.78, 5) is 14.7. The quantitative estimate of drug-likeness (QED) is 0.877. The van der Waals surface area contributed by atoms with Gasteiger partial charge >= 0.3 is 5.97 Å². The third-order valence-electron chi connectivity index (χ3n) is 2.92. The third kappa shape index (κ3) is 3.83. The van der Waals surface area contributed by atoms with E-state index in [0.29, 0.717) is 13.0 Å². The molecular weight excluding hydrogens is 316 g/mol. The van der Waals surface area contributed by atoms with Gasteiger partial charge in [-0.15, -0.1) is 0 Å². The van der Waals surface area contributed by atoms with E-state index >= 15 is 0 Å². The molecule has 8 heteroatoms. The van der Waals surface area contributed by atoms with Crippen LogP contribution in [0.4, 0.5) is 0 Å². The zero-order chi connectivity index (χ0) is 15.5. The SMILES string of the molecule is O=C(O)c1ccc(S(=O)(=O)CCCn2ccnc2)cc1Cl. The fraction of sp³-hybridized carbons (Fsp3) is 0.231. The fourth-order valence-corrected chi connectivity index (χ4v) is 3.48. The van der Waals surface area contributed by atoms with E-state index in [9.17, 15) is 13.2 Å². The van der Waals surface area contributed by atoms with Crippen LogP contribution in [-0.4, -0.2) is 34.8 Å². The van der Waals surface area contributed by atoms with Crippen LogP contribution in [0.5, 0.6) is 0 Å². The second-order valence-corrected chi connectivity index (χ2v) is 6.94. The first-order valence-corrected chi connectivity index (χ1v) is 8.14. The maximum absolute atomic E-state index is 12.2. The Labute approximate surface area is 126 Å². The molecule has 1 heterocycles. The van der Waals surface area contributed by atoms with Crippen LogP contribution < -0.4 is 0 Å². The van der Waals surface area contributed by atoms with Gasteiger partial charge in [-0.25, -0.2) is 18.2 Å². The molecule has 1 N–H and O–H groups in total. The average molecular weight is 329 g/mol. The molecule has 0 fully saturated rings. The Balaban J connectivity index is 2.08. The summed E-state index contributed by atoms with van der Waals surface area (Å²) in [5, 5.41) is 8.78. The molecule has 1 aromatic heterocycles. The van der Waals surface area contributed by atoms with Gasteiger partial charge in [-0.1, -0.05) is 11.6 Å². The van der Waals surface area contributed by atoms with E-state index in [1.165, 1.54) is 18.2 Å². The molecule has 21 heavy (non-hydrogen) atoms. The number of rotatable bonds is 6. The molecule has 0 amide bonds. The van der Waals surface area contributed by atoms with Crippen LogP contribution in [0.3, 0.4) is 0 Å². The lowest BCUT2D eigenvalue weighted by atomic mass is 10.2. The van der Waals surface area contributed by atoms with Crippen molar-refractivity contribution in [3.63, 3.8) is 0 Å². The van der Waals surface area contributed by atoms with E-state index in [1.54, 1.807) is 23.3 Å². The molecule has 6 nitrogen and oxygen atoms in total. The summed E-state index contributed by atoms with van der Waals surface area (Å²) in [6, 6.07) is 3.65. The number of carboxylic acids is 1. The van der Waals surface area contributed by atoms with Crippen molar-refractivity contribution in [2.75, 3.05) is 5.75 Å². The van der Waals surface area contributed by atoms with E-state index in [-0.39, 0.29) is 21.2 Å². The van der Waals surface area contributed by atoms with Crippen molar-refractivity contribution in [2.24, 2.45) is 0 Å². The van der Waals surface area contributed by atoms with Gasteiger partial charge in [0.25, 0.3) is 0 Å². The van der Waals surface area contributed by atoms with Crippen LogP contribution in [0.1, 0.15) is 16.8 Å². The first kappa shape index (κ1) is 15.5. The Morgan fingerprint density at radius 1 is 1.38 bits per heavy atom. The summed E-state index contributed by atoms with van der Waals surface area (Å²) in [6.07, 6.45) is 5.42. The average Bonchev–Trinajstić information content (AvgIpc) is 2.91. The Morgan fingerprint density at radius 3 is 2.71 bits per heavy atom. The molecule has 0 aliphatic carbocycles. The molecule has 2 aromatic rings. The molecule has 112 valence electrons. The number of halogens is 1. The number of aryl methyl sites for hydroxylation is 1. The van der Waals surface area contributed by atoms with Gasteiger partial charge in [0.2, 0.25) is 0 Å². The molecule has 0 unspecified atom stereocenters. The van der Waals surface area contributed by atoms with E-state index in [2.05, 4.69) is 4.98 Å². The van der Waals surface area contributed by atoms with Crippen molar-refractivity contribution < 1.29 is 18.3 Å². The maximum Gasteiger partial charge on any atom is 0.337 e. The van der Waals surface area contributed by atoms with Crippen LogP contribution >= 0.6 is 11.6 Å². The largest absolute Gasteiger partial charge is 0.478 e. The van der Waals surface area contributed by atoms with Gasteiger partial charge in [-0.05, 0) is 24.6 Å². The van der Waals surface area contributed by atoms with Crippen LogP contribution in [0, 0.1) is 0 Å². The lowest BCUT2D eigenvalue weighted by molar-refractivity contribution is 0.0697. The van der Waals surface area contributed by atoms with E-state index < -0.39 is 15.8 Å². The number of imidazole rings is 1. The summed E-state index contributed by atoms with van der Waals surface area (Å²) in [6.45, 7) is 0.542. The molecule has 0 aliphatic rings. The van der Waals surface area contributed by atoms with Crippen molar-refractivity contribution in [1.82, 2.24) is 9.55 Å². The number of sulfone groups is 1. The zero-order valence-corrected chi connectivity index (χ0v) is 12.5. The summed E-state index contributed by atoms with van der Waals surface area (Å²) < 4.78 is 26.1. The van der Waals surface area contributed by atoms with Crippen molar-refractivity contribution in [1.29, 1.82) is 0 Å². The number of hydrogen-bond acceptors (Lipinski definition) is 4. The second-order valence-electron chi connectivity index (χ2n) is 4.42.